The molecule has 0 saturated heterocycles. The number of amides is 2. The standard InChI is InChI=1S/C28H29Cl3N2O2S/c1-2-14-32-28(35)26(16-20-8-4-3-5-9-20)33(17-21-12-13-24(30)25(31)15-21)27(34)19-36-18-22-10-6-7-11-23(22)29/h3-13,15,26H,2,14,16-19H2,1H3,(H,32,35)/t26-/m1/s1. The molecule has 36 heavy (non-hydrogen) atoms. The highest BCUT2D eigenvalue weighted by molar-refractivity contribution is 7.99. The number of rotatable bonds is 12. The first-order valence-corrected chi connectivity index (χ1v) is 14.0. The summed E-state index contributed by atoms with van der Waals surface area (Å²) in [6, 6.07) is 21.9. The highest BCUT2D eigenvalue weighted by Crippen LogP contribution is 2.25. The topological polar surface area (TPSA) is 49.4 Å². The second-order valence-electron chi connectivity index (χ2n) is 8.35. The molecule has 190 valence electrons. The first kappa shape index (κ1) is 28.4. The van der Waals surface area contributed by atoms with Crippen LogP contribution in [0, 0.1) is 0 Å². The SMILES string of the molecule is CCCNC(=O)[C@@H](Cc1ccccc1)N(Cc1ccc(Cl)c(Cl)c1)C(=O)CSCc1ccccc1Cl. The van der Waals surface area contributed by atoms with Gasteiger partial charge in [-0.3, -0.25) is 9.59 Å². The number of nitrogens with one attached hydrogen (secondary N) is 1. The van der Waals surface area contributed by atoms with Crippen molar-refractivity contribution in [2.45, 2.75) is 38.1 Å². The zero-order valence-corrected chi connectivity index (χ0v) is 23.1. The van der Waals surface area contributed by atoms with E-state index in [-0.39, 0.29) is 24.1 Å². The molecule has 0 bridgehead atoms. The second-order valence-corrected chi connectivity index (χ2v) is 10.6. The van der Waals surface area contributed by atoms with E-state index in [0.29, 0.717) is 33.8 Å². The number of thioether (sulfide) groups is 1. The number of carbonyl (C=O) groups excluding carboxylic acids is 2. The molecule has 2 amide bonds. The second kappa shape index (κ2) is 14.5. The lowest BCUT2D eigenvalue weighted by atomic mass is 10.0. The molecule has 0 heterocycles. The molecule has 0 saturated carbocycles. The van der Waals surface area contributed by atoms with E-state index in [9.17, 15) is 9.59 Å². The van der Waals surface area contributed by atoms with E-state index in [1.54, 1.807) is 17.0 Å². The fourth-order valence-electron chi connectivity index (χ4n) is 3.70. The van der Waals surface area contributed by atoms with Crippen molar-refractivity contribution in [1.29, 1.82) is 0 Å². The van der Waals surface area contributed by atoms with Gasteiger partial charge in [0.2, 0.25) is 11.8 Å². The van der Waals surface area contributed by atoms with Gasteiger partial charge in [0, 0.05) is 30.3 Å². The lowest BCUT2D eigenvalue weighted by Crippen LogP contribution is -2.51. The monoisotopic (exact) mass is 562 g/mol. The van der Waals surface area contributed by atoms with E-state index in [2.05, 4.69) is 5.32 Å². The summed E-state index contributed by atoms with van der Waals surface area (Å²) < 4.78 is 0. The van der Waals surface area contributed by atoms with Gasteiger partial charge >= 0.3 is 0 Å². The third kappa shape index (κ3) is 8.45. The maximum Gasteiger partial charge on any atom is 0.243 e. The number of hydrogen-bond acceptors (Lipinski definition) is 3. The van der Waals surface area contributed by atoms with Crippen LogP contribution in [0.25, 0.3) is 0 Å². The van der Waals surface area contributed by atoms with Crippen molar-refractivity contribution >= 4 is 58.4 Å². The fraction of sp³-hybridized carbons (Fsp3) is 0.286. The van der Waals surface area contributed by atoms with Crippen LogP contribution in [0.1, 0.15) is 30.0 Å². The summed E-state index contributed by atoms with van der Waals surface area (Å²) >= 11 is 20.1. The van der Waals surface area contributed by atoms with Gasteiger partial charge in [0.05, 0.1) is 15.8 Å². The molecule has 0 radical (unpaired) electrons. The van der Waals surface area contributed by atoms with E-state index in [4.69, 9.17) is 34.8 Å². The molecule has 3 rings (SSSR count). The van der Waals surface area contributed by atoms with Crippen LogP contribution >= 0.6 is 46.6 Å². The van der Waals surface area contributed by atoms with Crippen LogP contribution in [0.15, 0.2) is 72.8 Å². The van der Waals surface area contributed by atoms with E-state index < -0.39 is 6.04 Å². The van der Waals surface area contributed by atoms with Crippen LogP contribution < -0.4 is 5.32 Å². The van der Waals surface area contributed by atoms with Crippen LogP contribution in [-0.4, -0.2) is 35.1 Å². The molecule has 3 aromatic carbocycles. The molecular weight excluding hydrogens is 535 g/mol. The normalized spacial score (nSPS) is 11.7. The van der Waals surface area contributed by atoms with Crippen molar-refractivity contribution in [2.24, 2.45) is 0 Å². The molecule has 3 aromatic rings. The maximum atomic E-state index is 13.6. The van der Waals surface area contributed by atoms with Crippen LogP contribution in [0.2, 0.25) is 15.1 Å². The largest absolute Gasteiger partial charge is 0.354 e. The molecular formula is C28H29Cl3N2O2S. The van der Waals surface area contributed by atoms with Crippen LogP contribution in [-0.2, 0) is 28.3 Å². The van der Waals surface area contributed by atoms with Crippen molar-refractivity contribution in [2.75, 3.05) is 12.3 Å². The number of nitrogens with zero attached hydrogens (tertiary/aromatic N) is 1. The third-order valence-corrected chi connectivity index (χ3v) is 7.67. The van der Waals surface area contributed by atoms with E-state index >= 15 is 0 Å². The lowest BCUT2D eigenvalue weighted by Gasteiger charge is -2.31. The predicted molar refractivity (Wildman–Crippen MR) is 152 cm³/mol. The Kier molecular flexibility index (Phi) is 11.5. The fourth-order valence-corrected chi connectivity index (χ4v) is 5.22. The minimum Gasteiger partial charge on any atom is -0.354 e. The molecule has 0 fully saturated rings. The number of carbonyl (C=O) groups is 2. The van der Waals surface area contributed by atoms with Crippen LogP contribution in [0.4, 0.5) is 0 Å². The summed E-state index contributed by atoms with van der Waals surface area (Å²) in [5, 5.41) is 4.50. The lowest BCUT2D eigenvalue weighted by molar-refractivity contribution is -0.139. The molecule has 1 atom stereocenters. The van der Waals surface area contributed by atoms with Gasteiger partial charge in [0.15, 0.2) is 0 Å². The van der Waals surface area contributed by atoms with Crippen molar-refractivity contribution < 1.29 is 9.59 Å². The van der Waals surface area contributed by atoms with Crippen molar-refractivity contribution in [3.8, 4) is 0 Å². The molecule has 0 spiro atoms. The Morgan fingerprint density at radius 1 is 0.889 bits per heavy atom. The minimum absolute atomic E-state index is 0.134. The first-order valence-electron chi connectivity index (χ1n) is 11.7. The van der Waals surface area contributed by atoms with Gasteiger partial charge < -0.3 is 10.2 Å². The van der Waals surface area contributed by atoms with Gasteiger partial charge in [0.25, 0.3) is 0 Å². The van der Waals surface area contributed by atoms with E-state index in [1.807, 2.05) is 67.6 Å². The van der Waals surface area contributed by atoms with Gasteiger partial charge in [-0.05, 0) is 41.3 Å². The Labute approximate surface area is 232 Å². The molecule has 1 N–H and O–H groups in total. The molecule has 0 aliphatic rings. The zero-order chi connectivity index (χ0) is 25.9. The highest BCUT2D eigenvalue weighted by Gasteiger charge is 2.30. The molecule has 8 heteroatoms. The molecule has 4 nitrogen and oxygen atoms in total. The van der Waals surface area contributed by atoms with E-state index in [0.717, 1.165) is 23.1 Å². The summed E-state index contributed by atoms with van der Waals surface area (Å²) in [4.78, 5) is 28.6. The molecule has 0 aromatic heterocycles. The Morgan fingerprint density at radius 2 is 1.61 bits per heavy atom. The van der Waals surface area contributed by atoms with Gasteiger partial charge in [-0.15, -0.1) is 11.8 Å². The minimum atomic E-state index is -0.679. The molecule has 0 aliphatic carbocycles. The number of hydrogen-bond donors (Lipinski definition) is 1. The van der Waals surface area contributed by atoms with Gasteiger partial charge in [0.1, 0.15) is 6.04 Å². The quantitative estimate of drug-likeness (QED) is 0.257. The van der Waals surface area contributed by atoms with E-state index in [1.165, 1.54) is 11.8 Å². The summed E-state index contributed by atoms with van der Waals surface area (Å²) in [5.74, 6) is 0.493. The Bertz CT molecular complexity index is 1160. The van der Waals surface area contributed by atoms with Crippen LogP contribution in [0.3, 0.4) is 0 Å². The Hall–Kier alpha value is -2.18. The smallest absolute Gasteiger partial charge is 0.243 e. The van der Waals surface area contributed by atoms with Gasteiger partial charge in [-0.1, -0.05) is 96.3 Å². The molecule has 0 unspecified atom stereocenters. The Morgan fingerprint density at radius 3 is 2.31 bits per heavy atom. The van der Waals surface area contributed by atoms with Crippen molar-refractivity contribution in [3.63, 3.8) is 0 Å². The van der Waals surface area contributed by atoms with Gasteiger partial charge in [-0.2, -0.15) is 0 Å². The molecule has 0 aliphatic heterocycles. The number of halogens is 3. The highest BCUT2D eigenvalue weighted by atomic mass is 35.5. The third-order valence-electron chi connectivity index (χ3n) is 5.60. The Balaban J connectivity index is 1.86. The van der Waals surface area contributed by atoms with Gasteiger partial charge in [-0.25, -0.2) is 0 Å². The summed E-state index contributed by atoms with van der Waals surface area (Å²) in [6.45, 7) is 2.77. The first-order chi connectivity index (χ1) is 17.4. The average molecular weight is 564 g/mol. The average Bonchev–Trinajstić information content (AvgIpc) is 2.88. The zero-order valence-electron chi connectivity index (χ0n) is 20.1. The summed E-state index contributed by atoms with van der Waals surface area (Å²) in [5.41, 5.74) is 2.74. The predicted octanol–water partition coefficient (Wildman–Crippen LogP) is 7.05. The maximum absolute atomic E-state index is 13.6. The summed E-state index contributed by atoms with van der Waals surface area (Å²) in [7, 11) is 0. The van der Waals surface area contributed by atoms with Crippen molar-refractivity contribution in [3.05, 3.63) is 105 Å². The summed E-state index contributed by atoms with van der Waals surface area (Å²) in [6.07, 6.45) is 1.21. The number of benzene rings is 3. The van der Waals surface area contributed by atoms with Crippen LogP contribution in [0.5, 0.6) is 0 Å². The van der Waals surface area contributed by atoms with Crippen molar-refractivity contribution in [1.82, 2.24) is 10.2 Å².